The molecule has 4 rings (SSSR count). The van der Waals surface area contributed by atoms with Crippen molar-refractivity contribution >= 4 is 17.1 Å². The van der Waals surface area contributed by atoms with Gasteiger partial charge in [-0.1, -0.05) is 54.3 Å². The monoisotopic (exact) mass is 361 g/mol. The van der Waals surface area contributed by atoms with Crippen LogP contribution in [0, 0.1) is 0 Å². The Bertz CT molecular complexity index is 928. The second-order valence-electron chi connectivity index (χ2n) is 6.86. The number of para-hydroxylation sites is 1. The number of hydrogen-bond acceptors (Lipinski definition) is 4. The van der Waals surface area contributed by atoms with E-state index < -0.39 is 0 Å². The van der Waals surface area contributed by atoms with Crippen LogP contribution in [-0.4, -0.2) is 50.0 Å². The predicted molar refractivity (Wildman–Crippen MR) is 105 cm³/mol. The standard InChI is InChI=1S/C21H23N5O/c1-2-25(21(27)26-20-11-7-6-10-19(20)22-23-26)18-12-14-24(15-13-18)16-17-8-4-3-5-9-17/h2-11,18H,1,12-16H2. The van der Waals surface area contributed by atoms with Gasteiger partial charge < -0.3 is 0 Å². The van der Waals surface area contributed by atoms with Crippen LogP contribution in [0.25, 0.3) is 11.0 Å². The summed E-state index contributed by atoms with van der Waals surface area (Å²) < 4.78 is 1.37. The zero-order valence-electron chi connectivity index (χ0n) is 15.2. The van der Waals surface area contributed by atoms with Crippen molar-refractivity contribution in [2.75, 3.05) is 13.1 Å². The molecule has 1 aliphatic rings. The first-order valence-electron chi connectivity index (χ1n) is 9.28. The number of amides is 1. The van der Waals surface area contributed by atoms with Gasteiger partial charge in [0.05, 0.1) is 5.52 Å². The number of likely N-dealkylation sites (tertiary alicyclic amines) is 1. The van der Waals surface area contributed by atoms with Gasteiger partial charge in [-0.3, -0.25) is 9.80 Å². The highest BCUT2D eigenvalue weighted by atomic mass is 16.2. The van der Waals surface area contributed by atoms with Crippen molar-refractivity contribution < 1.29 is 4.79 Å². The minimum absolute atomic E-state index is 0.130. The lowest BCUT2D eigenvalue weighted by Crippen LogP contribution is -2.46. The van der Waals surface area contributed by atoms with Gasteiger partial charge in [-0.05, 0) is 30.5 Å². The quantitative estimate of drug-likeness (QED) is 0.714. The molecule has 6 nitrogen and oxygen atoms in total. The van der Waals surface area contributed by atoms with E-state index in [1.54, 1.807) is 11.1 Å². The Morgan fingerprint density at radius 1 is 1.11 bits per heavy atom. The molecule has 27 heavy (non-hydrogen) atoms. The van der Waals surface area contributed by atoms with Crippen molar-refractivity contribution in [3.05, 3.63) is 72.9 Å². The lowest BCUT2D eigenvalue weighted by Gasteiger charge is -2.36. The normalized spacial score (nSPS) is 15.7. The van der Waals surface area contributed by atoms with Crippen LogP contribution in [-0.2, 0) is 6.54 Å². The summed E-state index contributed by atoms with van der Waals surface area (Å²) in [5.74, 6) is 0. The fourth-order valence-corrected chi connectivity index (χ4v) is 3.70. The summed E-state index contributed by atoms with van der Waals surface area (Å²) in [7, 11) is 0. The number of carbonyl (C=O) groups excluding carboxylic acids is 1. The Balaban J connectivity index is 1.43. The second kappa shape index (κ2) is 7.72. The Labute approximate surface area is 158 Å². The van der Waals surface area contributed by atoms with Crippen LogP contribution in [0.15, 0.2) is 67.4 Å². The largest absolute Gasteiger partial charge is 0.350 e. The third kappa shape index (κ3) is 3.61. The Hall–Kier alpha value is -2.99. The molecule has 0 atom stereocenters. The molecule has 0 radical (unpaired) electrons. The van der Waals surface area contributed by atoms with Crippen molar-refractivity contribution in [3.8, 4) is 0 Å². The molecule has 0 spiro atoms. The molecule has 1 saturated heterocycles. The second-order valence-corrected chi connectivity index (χ2v) is 6.86. The molecular weight excluding hydrogens is 338 g/mol. The molecule has 2 heterocycles. The van der Waals surface area contributed by atoms with Crippen LogP contribution in [0.2, 0.25) is 0 Å². The molecule has 0 N–H and O–H groups in total. The summed E-state index contributed by atoms with van der Waals surface area (Å²) in [5, 5.41) is 8.13. The van der Waals surface area contributed by atoms with Crippen molar-refractivity contribution in [2.45, 2.75) is 25.4 Å². The highest BCUT2D eigenvalue weighted by molar-refractivity contribution is 5.88. The van der Waals surface area contributed by atoms with Gasteiger partial charge in [0.1, 0.15) is 5.52 Å². The van der Waals surface area contributed by atoms with Gasteiger partial charge in [0.2, 0.25) is 0 Å². The molecular formula is C21H23N5O. The van der Waals surface area contributed by atoms with Gasteiger partial charge >= 0.3 is 6.03 Å². The van der Waals surface area contributed by atoms with Gasteiger partial charge in [-0.25, -0.2) is 4.79 Å². The van der Waals surface area contributed by atoms with E-state index in [0.717, 1.165) is 38.0 Å². The van der Waals surface area contributed by atoms with Gasteiger partial charge in [0.25, 0.3) is 0 Å². The van der Waals surface area contributed by atoms with Crippen molar-refractivity contribution in [1.82, 2.24) is 24.8 Å². The molecule has 3 aromatic rings. The number of carbonyl (C=O) groups is 1. The number of nitrogens with zero attached hydrogens (tertiary/aromatic N) is 5. The molecule has 0 saturated carbocycles. The minimum atomic E-state index is -0.194. The average molecular weight is 361 g/mol. The molecule has 6 heteroatoms. The third-order valence-corrected chi connectivity index (χ3v) is 5.15. The Kier molecular flexibility index (Phi) is 4.98. The molecule has 2 aromatic carbocycles. The van der Waals surface area contributed by atoms with E-state index >= 15 is 0 Å². The molecule has 138 valence electrons. The average Bonchev–Trinajstić information content (AvgIpc) is 3.15. The summed E-state index contributed by atoms with van der Waals surface area (Å²) in [4.78, 5) is 17.2. The van der Waals surface area contributed by atoms with Gasteiger partial charge in [0.15, 0.2) is 0 Å². The van der Waals surface area contributed by atoms with Crippen LogP contribution >= 0.6 is 0 Å². The van der Waals surface area contributed by atoms with Crippen LogP contribution in [0.3, 0.4) is 0 Å². The number of aromatic nitrogens is 3. The summed E-state index contributed by atoms with van der Waals surface area (Å²) in [6.45, 7) is 6.72. The van der Waals surface area contributed by atoms with E-state index in [-0.39, 0.29) is 12.1 Å². The summed E-state index contributed by atoms with van der Waals surface area (Å²) >= 11 is 0. The Morgan fingerprint density at radius 2 is 1.81 bits per heavy atom. The number of piperidine rings is 1. The van der Waals surface area contributed by atoms with E-state index in [4.69, 9.17) is 0 Å². The zero-order chi connectivity index (χ0) is 18.6. The number of fused-ring (bicyclic) bond motifs is 1. The first kappa shape index (κ1) is 17.4. The van der Waals surface area contributed by atoms with E-state index in [9.17, 15) is 4.79 Å². The first-order chi connectivity index (χ1) is 13.3. The molecule has 0 aliphatic carbocycles. The minimum Gasteiger partial charge on any atom is -0.299 e. The molecule has 1 fully saturated rings. The summed E-state index contributed by atoms with van der Waals surface area (Å²) in [6.07, 6.45) is 3.45. The van der Waals surface area contributed by atoms with Crippen molar-refractivity contribution in [3.63, 3.8) is 0 Å². The van der Waals surface area contributed by atoms with Crippen LogP contribution < -0.4 is 0 Å². The van der Waals surface area contributed by atoms with Crippen molar-refractivity contribution in [1.29, 1.82) is 0 Å². The van der Waals surface area contributed by atoms with E-state index in [0.29, 0.717) is 5.52 Å². The van der Waals surface area contributed by atoms with E-state index in [1.807, 2.05) is 30.3 Å². The van der Waals surface area contributed by atoms with Crippen LogP contribution in [0.5, 0.6) is 0 Å². The molecule has 1 amide bonds. The molecule has 1 aliphatic heterocycles. The van der Waals surface area contributed by atoms with Gasteiger partial charge in [0, 0.05) is 31.9 Å². The molecule has 0 bridgehead atoms. The topological polar surface area (TPSA) is 54.3 Å². The first-order valence-corrected chi connectivity index (χ1v) is 9.28. The molecule has 1 aromatic heterocycles. The van der Waals surface area contributed by atoms with Gasteiger partial charge in [-0.2, -0.15) is 4.68 Å². The lowest BCUT2D eigenvalue weighted by atomic mass is 10.0. The fraction of sp³-hybridized carbons (Fsp3) is 0.286. The number of rotatable bonds is 4. The fourth-order valence-electron chi connectivity index (χ4n) is 3.70. The maximum atomic E-state index is 13.0. The van der Waals surface area contributed by atoms with Gasteiger partial charge in [-0.15, -0.1) is 5.10 Å². The third-order valence-electron chi connectivity index (χ3n) is 5.15. The summed E-state index contributed by atoms with van der Waals surface area (Å²) in [6, 6.07) is 17.9. The van der Waals surface area contributed by atoms with Crippen molar-refractivity contribution in [2.24, 2.45) is 0 Å². The van der Waals surface area contributed by atoms with Crippen LogP contribution in [0.4, 0.5) is 4.79 Å². The predicted octanol–water partition coefficient (Wildman–Crippen LogP) is 3.51. The SMILES string of the molecule is C=CN(C(=O)n1nnc2ccccc21)C1CCN(Cc2ccccc2)CC1. The highest BCUT2D eigenvalue weighted by Crippen LogP contribution is 2.21. The smallest absolute Gasteiger partial charge is 0.299 e. The maximum absolute atomic E-state index is 13.0. The maximum Gasteiger partial charge on any atom is 0.350 e. The zero-order valence-corrected chi connectivity index (χ0v) is 15.2. The van der Waals surface area contributed by atoms with E-state index in [2.05, 4.69) is 46.1 Å². The Morgan fingerprint density at radius 3 is 2.56 bits per heavy atom. The summed E-state index contributed by atoms with van der Waals surface area (Å²) in [5.41, 5.74) is 2.75. The highest BCUT2D eigenvalue weighted by Gasteiger charge is 2.28. The lowest BCUT2D eigenvalue weighted by molar-refractivity contribution is 0.140. The number of benzene rings is 2. The van der Waals surface area contributed by atoms with Crippen LogP contribution in [0.1, 0.15) is 18.4 Å². The number of hydrogen-bond donors (Lipinski definition) is 0. The molecule has 0 unspecified atom stereocenters. The van der Waals surface area contributed by atoms with E-state index in [1.165, 1.54) is 10.2 Å².